The first-order valence-electron chi connectivity index (χ1n) is 7.12. The van der Waals surface area contributed by atoms with Gasteiger partial charge in [-0.05, 0) is 42.5 Å². The normalized spacial score (nSPS) is 18.1. The monoisotopic (exact) mass is 271 g/mol. The van der Waals surface area contributed by atoms with Gasteiger partial charge in [-0.1, -0.05) is 6.92 Å². The molecule has 1 saturated heterocycles. The number of nitrogens with two attached hydrogens (primary N) is 1. The van der Waals surface area contributed by atoms with Crippen molar-refractivity contribution in [1.82, 2.24) is 4.98 Å². The molecule has 0 radical (unpaired) electrons. The molecule has 3 rings (SSSR count). The molecular weight excluding hydrogens is 250 g/mol. The molecule has 1 fully saturated rings. The molecule has 1 aromatic carbocycles. The average Bonchev–Trinajstić information content (AvgIpc) is 2.45. The van der Waals surface area contributed by atoms with Crippen LogP contribution in [-0.2, 0) is 4.74 Å². The van der Waals surface area contributed by atoms with Gasteiger partial charge in [0.25, 0.3) is 0 Å². The Morgan fingerprint density at radius 2 is 2.10 bits per heavy atom. The van der Waals surface area contributed by atoms with Gasteiger partial charge in [-0.3, -0.25) is 4.98 Å². The van der Waals surface area contributed by atoms with Crippen LogP contribution < -0.4 is 11.1 Å². The van der Waals surface area contributed by atoms with Gasteiger partial charge in [0.15, 0.2) is 0 Å². The highest BCUT2D eigenvalue weighted by Crippen LogP contribution is 2.31. The lowest BCUT2D eigenvalue weighted by Gasteiger charge is -2.34. The molecule has 1 aliphatic heterocycles. The van der Waals surface area contributed by atoms with Crippen LogP contribution in [0.25, 0.3) is 10.9 Å². The SMILES string of the molecule is CC1(CNc2ccnc3cc(N)ccc23)CCOCC1. The second-order valence-electron chi connectivity index (χ2n) is 5.91. The lowest BCUT2D eigenvalue weighted by atomic mass is 9.82. The number of hydrogen-bond donors (Lipinski definition) is 2. The third-order valence-corrected chi connectivity index (χ3v) is 4.17. The average molecular weight is 271 g/mol. The van der Waals surface area contributed by atoms with Crippen molar-refractivity contribution in [2.24, 2.45) is 5.41 Å². The van der Waals surface area contributed by atoms with Crippen LogP contribution in [0.4, 0.5) is 11.4 Å². The van der Waals surface area contributed by atoms with Crippen molar-refractivity contribution < 1.29 is 4.74 Å². The van der Waals surface area contributed by atoms with Gasteiger partial charge in [0, 0.05) is 42.7 Å². The number of pyridine rings is 1. The van der Waals surface area contributed by atoms with Crippen LogP contribution >= 0.6 is 0 Å². The van der Waals surface area contributed by atoms with Gasteiger partial charge in [-0.2, -0.15) is 0 Å². The fraction of sp³-hybridized carbons (Fsp3) is 0.438. The van der Waals surface area contributed by atoms with Crippen molar-refractivity contribution in [2.75, 3.05) is 30.8 Å². The van der Waals surface area contributed by atoms with Crippen LogP contribution in [-0.4, -0.2) is 24.7 Å². The van der Waals surface area contributed by atoms with Gasteiger partial charge in [-0.15, -0.1) is 0 Å². The maximum Gasteiger partial charge on any atom is 0.0743 e. The number of nitrogens with zero attached hydrogens (tertiary/aromatic N) is 1. The summed E-state index contributed by atoms with van der Waals surface area (Å²) in [5, 5.41) is 4.70. The van der Waals surface area contributed by atoms with E-state index in [4.69, 9.17) is 10.5 Å². The molecule has 1 aromatic heterocycles. The lowest BCUT2D eigenvalue weighted by Crippen LogP contribution is -2.33. The molecule has 106 valence electrons. The van der Waals surface area contributed by atoms with E-state index in [0.717, 1.165) is 54.9 Å². The topological polar surface area (TPSA) is 60.2 Å². The minimum atomic E-state index is 0.307. The highest BCUT2D eigenvalue weighted by atomic mass is 16.5. The summed E-state index contributed by atoms with van der Waals surface area (Å²) in [7, 11) is 0. The molecule has 0 unspecified atom stereocenters. The molecule has 0 saturated carbocycles. The molecule has 1 aliphatic rings. The molecule has 2 aromatic rings. The zero-order valence-corrected chi connectivity index (χ0v) is 11.9. The maximum atomic E-state index is 5.81. The summed E-state index contributed by atoms with van der Waals surface area (Å²) in [4.78, 5) is 4.37. The predicted molar refractivity (Wildman–Crippen MR) is 82.8 cm³/mol. The minimum Gasteiger partial charge on any atom is -0.399 e. The zero-order chi connectivity index (χ0) is 14.0. The second-order valence-corrected chi connectivity index (χ2v) is 5.91. The Hall–Kier alpha value is -1.81. The van der Waals surface area contributed by atoms with E-state index in [2.05, 4.69) is 17.2 Å². The first kappa shape index (κ1) is 13.2. The lowest BCUT2D eigenvalue weighted by molar-refractivity contribution is 0.0300. The molecule has 0 bridgehead atoms. The Balaban J connectivity index is 1.80. The van der Waals surface area contributed by atoms with E-state index >= 15 is 0 Å². The van der Waals surface area contributed by atoms with E-state index < -0.39 is 0 Å². The quantitative estimate of drug-likeness (QED) is 0.842. The summed E-state index contributed by atoms with van der Waals surface area (Å²) >= 11 is 0. The summed E-state index contributed by atoms with van der Waals surface area (Å²) < 4.78 is 5.45. The Morgan fingerprint density at radius 1 is 1.30 bits per heavy atom. The Morgan fingerprint density at radius 3 is 2.90 bits per heavy atom. The summed E-state index contributed by atoms with van der Waals surface area (Å²) in [5.74, 6) is 0. The van der Waals surface area contributed by atoms with Gasteiger partial charge < -0.3 is 15.8 Å². The number of nitrogens with one attached hydrogen (secondary N) is 1. The summed E-state index contributed by atoms with van der Waals surface area (Å²) in [5.41, 5.74) is 8.93. The zero-order valence-electron chi connectivity index (χ0n) is 11.9. The fourth-order valence-corrected chi connectivity index (χ4v) is 2.67. The molecule has 4 nitrogen and oxygen atoms in total. The van der Waals surface area contributed by atoms with Crippen molar-refractivity contribution in [3.05, 3.63) is 30.5 Å². The summed E-state index contributed by atoms with van der Waals surface area (Å²) in [6.45, 7) is 5.02. The third kappa shape index (κ3) is 2.70. The number of aromatic nitrogens is 1. The molecule has 0 atom stereocenters. The van der Waals surface area contributed by atoms with Gasteiger partial charge in [-0.25, -0.2) is 0 Å². The molecule has 3 N–H and O–H groups in total. The molecular formula is C16H21N3O. The first-order valence-corrected chi connectivity index (χ1v) is 7.12. The van der Waals surface area contributed by atoms with E-state index in [-0.39, 0.29) is 0 Å². The smallest absolute Gasteiger partial charge is 0.0743 e. The van der Waals surface area contributed by atoms with Crippen molar-refractivity contribution in [1.29, 1.82) is 0 Å². The number of ether oxygens (including phenoxy) is 1. The standard InChI is InChI=1S/C16H21N3O/c1-16(5-8-20-9-6-16)11-19-14-4-7-18-15-10-12(17)2-3-13(14)15/h2-4,7,10H,5-6,8-9,11,17H2,1H3,(H,18,19). The van der Waals surface area contributed by atoms with E-state index in [1.165, 1.54) is 0 Å². The Kier molecular flexibility index (Phi) is 3.49. The van der Waals surface area contributed by atoms with Crippen LogP contribution in [0.1, 0.15) is 19.8 Å². The Bertz CT molecular complexity index is 606. The van der Waals surface area contributed by atoms with Gasteiger partial charge in [0.05, 0.1) is 5.52 Å². The highest BCUT2D eigenvalue weighted by molar-refractivity contribution is 5.92. The van der Waals surface area contributed by atoms with Crippen molar-refractivity contribution >= 4 is 22.3 Å². The fourth-order valence-electron chi connectivity index (χ4n) is 2.67. The minimum absolute atomic E-state index is 0.307. The molecule has 0 spiro atoms. The number of fused-ring (bicyclic) bond motifs is 1. The number of nitrogen functional groups attached to an aromatic ring is 1. The number of hydrogen-bond acceptors (Lipinski definition) is 4. The number of anilines is 2. The molecule has 0 aliphatic carbocycles. The molecule has 20 heavy (non-hydrogen) atoms. The van der Waals surface area contributed by atoms with Gasteiger partial charge in [0.1, 0.15) is 0 Å². The Labute approximate surface area is 119 Å². The van der Waals surface area contributed by atoms with Crippen LogP contribution in [0.3, 0.4) is 0 Å². The van der Waals surface area contributed by atoms with E-state index in [1.807, 2.05) is 30.5 Å². The van der Waals surface area contributed by atoms with E-state index in [0.29, 0.717) is 5.41 Å². The van der Waals surface area contributed by atoms with Gasteiger partial charge >= 0.3 is 0 Å². The first-order chi connectivity index (χ1) is 9.66. The van der Waals surface area contributed by atoms with Crippen molar-refractivity contribution in [3.8, 4) is 0 Å². The van der Waals surface area contributed by atoms with Crippen LogP contribution in [0, 0.1) is 5.41 Å². The summed E-state index contributed by atoms with van der Waals surface area (Å²) in [6, 6.07) is 7.90. The van der Waals surface area contributed by atoms with Gasteiger partial charge in [0.2, 0.25) is 0 Å². The summed E-state index contributed by atoms with van der Waals surface area (Å²) in [6.07, 6.45) is 4.04. The van der Waals surface area contributed by atoms with Crippen molar-refractivity contribution in [3.63, 3.8) is 0 Å². The third-order valence-electron chi connectivity index (χ3n) is 4.17. The van der Waals surface area contributed by atoms with E-state index in [9.17, 15) is 0 Å². The number of rotatable bonds is 3. The molecule has 0 amide bonds. The predicted octanol–water partition coefficient (Wildman–Crippen LogP) is 3.05. The molecule has 2 heterocycles. The van der Waals surface area contributed by atoms with Crippen LogP contribution in [0.2, 0.25) is 0 Å². The molecule has 4 heteroatoms. The largest absolute Gasteiger partial charge is 0.399 e. The highest BCUT2D eigenvalue weighted by Gasteiger charge is 2.27. The van der Waals surface area contributed by atoms with Crippen molar-refractivity contribution in [2.45, 2.75) is 19.8 Å². The van der Waals surface area contributed by atoms with E-state index in [1.54, 1.807) is 0 Å². The van der Waals surface area contributed by atoms with Crippen LogP contribution in [0.15, 0.2) is 30.5 Å². The number of benzene rings is 1. The second kappa shape index (κ2) is 5.29. The van der Waals surface area contributed by atoms with Crippen LogP contribution in [0.5, 0.6) is 0 Å². The maximum absolute atomic E-state index is 5.81.